The number of aromatic nitrogens is 3. The van der Waals surface area contributed by atoms with E-state index in [1.165, 1.54) is 0 Å². The third kappa shape index (κ3) is 3.62. The van der Waals surface area contributed by atoms with Crippen LogP contribution in [0.15, 0.2) is 53.3 Å². The number of amides is 1. The summed E-state index contributed by atoms with van der Waals surface area (Å²) in [6, 6.07) is 10.8. The van der Waals surface area contributed by atoms with Crippen LogP contribution in [0.25, 0.3) is 5.69 Å². The van der Waals surface area contributed by atoms with Crippen molar-refractivity contribution in [1.82, 2.24) is 14.8 Å². The highest BCUT2D eigenvalue weighted by molar-refractivity contribution is 6.33. The molecule has 0 spiro atoms. The van der Waals surface area contributed by atoms with Gasteiger partial charge in [0.25, 0.3) is 5.91 Å². The van der Waals surface area contributed by atoms with E-state index in [9.17, 15) is 22.8 Å². The lowest BCUT2D eigenvalue weighted by molar-refractivity contribution is -0.137. The van der Waals surface area contributed by atoms with Gasteiger partial charge >= 0.3 is 11.9 Å². The van der Waals surface area contributed by atoms with Crippen molar-refractivity contribution in [1.29, 1.82) is 0 Å². The Hall–Kier alpha value is -3.07. The molecule has 1 aromatic heterocycles. The van der Waals surface area contributed by atoms with Crippen molar-refractivity contribution in [3.63, 3.8) is 0 Å². The number of anilines is 1. The summed E-state index contributed by atoms with van der Waals surface area (Å²) in [7, 11) is 0. The number of para-hydroxylation sites is 1. The lowest BCUT2D eigenvalue weighted by Gasteiger charge is -2.10. The van der Waals surface area contributed by atoms with Gasteiger partial charge in [0, 0.05) is 0 Å². The molecule has 0 saturated carbocycles. The number of nitrogens with zero attached hydrogens (tertiary/aromatic N) is 2. The Bertz CT molecular complexity index is 1010. The van der Waals surface area contributed by atoms with Crippen molar-refractivity contribution >= 4 is 23.2 Å². The van der Waals surface area contributed by atoms with Gasteiger partial charge in [-0.25, -0.2) is 4.79 Å². The number of hydrogen-bond acceptors (Lipinski definition) is 3. The molecule has 26 heavy (non-hydrogen) atoms. The molecule has 6 nitrogen and oxygen atoms in total. The standard InChI is InChI=1S/C16H10ClF3N4O2/c17-11-7-6-9(16(18,19)20)8-12(11)21-14(25)13-22-15(26)24(23-13)10-4-2-1-3-5-10/h1-8H,(H,21,25)(H,22,23,26). The monoisotopic (exact) mass is 382 g/mol. The summed E-state index contributed by atoms with van der Waals surface area (Å²) in [5.74, 6) is -1.27. The molecular formula is C16H10ClF3N4O2. The summed E-state index contributed by atoms with van der Waals surface area (Å²) < 4.78 is 39.3. The maximum atomic E-state index is 12.8. The van der Waals surface area contributed by atoms with Crippen LogP contribution in [0.1, 0.15) is 16.2 Å². The van der Waals surface area contributed by atoms with Gasteiger partial charge in [0.05, 0.1) is 22.0 Å². The van der Waals surface area contributed by atoms with E-state index >= 15 is 0 Å². The van der Waals surface area contributed by atoms with Gasteiger partial charge < -0.3 is 5.32 Å². The zero-order valence-electron chi connectivity index (χ0n) is 12.8. The first-order valence-corrected chi connectivity index (χ1v) is 7.56. The van der Waals surface area contributed by atoms with Crippen LogP contribution in [0.4, 0.5) is 18.9 Å². The summed E-state index contributed by atoms with van der Waals surface area (Å²) in [6.07, 6.45) is -4.59. The van der Waals surface area contributed by atoms with Gasteiger partial charge in [-0.15, -0.1) is 5.10 Å². The van der Waals surface area contributed by atoms with Crippen molar-refractivity contribution in [2.75, 3.05) is 5.32 Å². The summed E-state index contributed by atoms with van der Waals surface area (Å²) in [4.78, 5) is 26.4. The van der Waals surface area contributed by atoms with Gasteiger partial charge in [0.15, 0.2) is 0 Å². The Morgan fingerprint density at radius 1 is 1.15 bits per heavy atom. The van der Waals surface area contributed by atoms with Gasteiger partial charge in [-0.1, -0.05) is 29.8 Å². The molecule has 0 bridgehead atoms. The fourth-order valence-electron chi connectivity index (χ4n) is 2.15. The van der Waals surface area contributed by atoms with E-state index in [0.717, 1.165) is 16.8 Å². The van der Waals surface area contributed by atoms with Crippen molar-refractivity contribution in [2.45, 2.75) is 6.18 Å². The number of rotatable bonds is 3. The molecule has 0 atom stereocenters. The second-order valence-corrected chi connectivity index (χ2v) is 5.58. The minimum atomic E-state index is -4.59. The molecule has 0 aliphatic heterocycles. The fourth-order valence-corrected chi connectivity index (χ4v) is 2.31. The number of hydrogen-bond donors (Lipinski definition) is 2. The molecule has 2 N–H and O–H groups in total. The van der Waals surface area contributed by atoms with E-state index in [0.29, 0.717) is 11.8 Å². The molecule has 2 aromatic carbocycles. The van der Waals surface area contributed by atoms with Crippen molar-refractivity contribution in [2.24, 2.45) is 0 Å². The number of aromatic amines is 1. The van der Waals surface area contributed by atoms with E-state index < -0.39 is 23.3 Å². The van der Waals surface area contributed by atoms with Crippen LogP contribution < -0.4 is 11.0 Å². The average Bonchev–Trinajstić information content (AvgIpc) is 2.98. The maximum absolute atomic E-state index is 12.8. The number of H-pyrrole nitrogens is 1. The second-order valence-electron chi connectivity index (χ2n) is 5.17. The number of nitrogens with one attached hydrogen (secondary N) is 2. The third-order valence-corrected chi connectivity index (χ3v) is 3.71. The normalized spacial score (nSPS) is 11.4. The SMILES string of the molecule is O=C(Nc1cc(C(F)(F)F)ccc1Cl)c1nn(-c2ccccc2)c(=O)[nH]1. The highest BCUT2D eigenvalue weighted by Crippen LogP contribution is 2.33. The maximum Gasteiger partial charge on any atom is 0.416 e. The van der Waals surface area contributed by atoms with Crippen LogP contribution in [0, 0.1) is 0 Å². The Kier molecular flexibility index (Phi) is 4.56. The molecule has 1 heterocycles. The van der Waals surface area contributed by atoms with Crippen LogP contribution in [0.3, 0.4) is 0 Å². The summed E-state index contributed by atoms with van der Waals surface area (Å²) in [6.45, 7) is 0. The number of carbonyl (C=O) groups is 1. The van der Waals surface area contributed by atoms with Crippen LogP contribution >= 0.6 is 11.6 Å². The highest BCUT2D eigenvalue weighted by atomic mass is 35.5. The van der Waals surface area contributed by atoms with E-state index in [-0.39, 0.29) is 16.5 Å². The van der Waals surface area contributed by atoms with E-state index in [2.05, 4.69) is 15.4 Å². The topological polar surface area (TPSA) is 79.8 Å². The first-order valence-electron chi connectivity index (χ1n) is 7.18. The van der Waals surface area contributed by atoms with Crippen molar-refractivity contribution in [3.05, 3.63) is 75.4 Å². The van der Waals surface area contributed by atoms with E-state index in [1.54, 1.807) is 30.3 Å². The van der Waals surface area contributed by atoms with E-state index in [4.69, 9.17) is 11.6 Å². The lowest BCUT2D eigenvalue weighted by Crippen LogP contribution is -2.16. The lowest BCUT2D eigenvalue weighted by atomic mass is 10.2. The number of benzene rings is 2. The average molecular weight is 383 g/mol. The molecular weight excluding hydrogens is 373 g/mol. The molecule has 134 valence electrons. The summed E-state index contributed by atoms with van der Waals surface area (Å²) in [5.41, 5.74) is -1.47. The molecule has 0 aliphatic rings. The molecule has 3 rings (SSSR count). The first-order chi connectivity index (χ1) is 12.3. The molecule has 0 unspecified atom stereocenters. The predicted molar refractivity (Wildman–Crippen MR) is 88.6 cm³/mol. The van der Waals surface area contributed by atoms with Crippen LogP contribution in [-0.2, 0) is 6.18 Å². The number of carbonyl (C=O) groups excluding carboxylic acids is 1. The molecule has 1 amide bonds. The van der Waals surface area contributed by atoms with Crippen molar-refractivity contribution < 1.29 is 18.0 Å². The Morgan fingerprint density at radius 2 is 1.85 bits per heavy atom. The smallest absolute Gasteiger partial charge is 0.318 e. The zero-order valence-corrected chi connectivity index (χ0v) is 13.6. The Labute approximate surface area is 149 Å². The molecule has 10 heteroatoms. The van der Waals surface area contributed by atoms with Crippen molar-refractivity contribution in [3.8, 4) is 5.69 Å². The van der Waals surface area contributed by atoms with Gasteiger partial charge in [-0.2, -0.15) is 17.9 Å². The highest BCUT2D eigenvalue weighted by Gasteiger charge is 2.31. The van der Waals surface area contributed by atoms with Gasteiger partial charge in [0.1, 0.15) is 0 Å². The molecule has 0 aliphatic carbocycles. The minimum absolute atomic E-state index is 0.0869. The van der Waals surface area contributed by atoms with Gasteiger partial charge in [-0.3, -0.25) is 9.78 Å². The Morgan fingerprint density at radius 3 is 2.50 bits per heavy atom. The Balaban J connectivity index is 1.89. The summed E-state index contributed by atoms with van der Waals surface area (Å²) >= 11 is 5.83. The fraction of sp³-hybridized carbons (Fsp3) is 0.0625. The third-order valence-electron chi connectivity index (χ3n) is 3.38. The largest absolute Gasteiger partial charge is 0.416 e. The molecule has 0 saturated heterocycles. The van der Waals surface area contributed by atoms with Crippen LogP contribution in [-0.4, -0.2) is 20.7 Å². The first kappa shape index (κ1) is 17.7. The molecule has 0 fully saturated rings. The minimum Gasteiger partial charge on any atom is -0.318 e. The summed E-state index contributed by atoms with van der Waals surface area (Å²) in [5, 5.41) is 5.98. The second kappa shape index (κ2) is 6.68. The van der Waals surface area contributed by atoms with Crippen LogP contribution in [0.5, 0.6) is 0 Å². The van der Waals surface area contributed by atoms with Gasteiger partial charge in [-0.05, 0) is 30.3 Å². The zero-order chi connectivity index (χ0) is 18.9. The predicted octanol–water partition coefficient (Wildman–Crippen LogP) is 3.49. The number of alkyl halides is 3. The van der Waals surface area contributed by atoms with Crippen LogP contribution in [0.2, 0.25) is 5.02 Å². The van der Waals surface area contributed by atoms with Gasteiger partial charge in [0.2, 0.25) is 5.82 Å². The number of halogens is 4. The molecule has 0 radical (unpaired) electrons. The molecule has 3 aromatic rings. The quantitative estimate of drug-likeness (QED) is 0.727. The van der Waals surface area contributed by atoms with E-state index in [1.807, 2.05) is 0 Å².